The highest BCUT2D eigenvalue weighted by Crippen LogP contribution is 2.64. The monoisotopic (exact) mass is 519 g/mol. The lowest BCUT2D eigenvalue weighted by molar-refractivity contribution is -0.151. The topological polar surface area (TPSA) is 108 Å². The molecule has 3 amide bonds. The fraction of sp³-hybridized carbons (Fsp3) is 0.500. The Labute approximate surface area is 223 Å². The van der Waals surface area contributed by atoms with Crippen molar-refractivity contribution in [2.45, 2.75) is 75.9 Å². The number of fused-ring (bicyclic) bond motifs is 1. The van der Waals surface area contributed by atoms with Crippen LogP contribution in [0.5, 0.6) is 0 Å². The van der Waals surface area contributed by atoms with E-state index in [0.29, 0.717) is 38.8 Å². The summed E-state index contributed by atoms with van der Waals surface area (Å²) in [5, 5.41) is 16.2. The van der Waals surface area contributed by atoms with Crippen LogP contribution in [0.15, 0.2) is 60.7 Å². The van der Waals surface area contributed by atoms with Crippen LogP contribution in [0, 0.1) is 11.8 Å². The maximum absolute atomic E-state index is 14.1. The second-order valence-electron chi connectivity index (χ2n) is 10.7. The first-order chi connectivity index (χ1) is 18.4. The lowest BCUT2D eigenvalue weighted by atomic mass is 9.65. The van der Waals surface area contributed by atoms with Crippen molar-refractivity contribution in [2.75, 3.05) is 6.61 Å². The Balaban J connectivity index is 1.47. The van der Waals surface area contributed by atoms with Crippen molar-refractivity contribution in [1.29, 1.82) is 0 Å². The summed E-state index contributed by atoms with van der Waals surface area (Å²) in [6.45, 7) is 4.26. The number of aliphatic hydroxyl groups excluding tert-OH is 1. The Bertz CT molecular complexity index is 1170. The van der Waals surface area contributed by atoms with Crippen LogP contribution in [-0.2, 0) is 32.2 Å². The summed E-state index contributed by atoms with van der Waals surface area (Å²) in [6, 6.07) is 17.8. The summed E-state index contributed by atoms with van der Waals surface area (Å²) in [5.74, 6) is -2.30. The van der Waals surface area contributed by atoms with Gasteiger partial charge < -0.3 is 25.4 Å². The van der Waals surface area contributed by atoms with E-state index in [1.807, 2.05) is 74.5 Å². The number of nitrogens with one attached hydrogen (secondary N) is 2. The molecule has 3 aliphatic heterocycles. The second-order valence-corrected chi connectivity index (χ2v) is 10.7. The van der Waals surface area contributed by atoms with Gasteiger partial charge in [-0.2, -0.15) is 0 Å². The fourth-order valence-corrected chi connectivity index (χ4v) is 6.94. The molecule has 3 saturated heterocycles. The van der Waals surface area contributed by atoms with E-state index in [1.165, 1.54) is 4.90 Å². The van der Waals surface area contributed by atoms with Crippen LogP contribution < -0.4 is 10.6 Å². The summed E-state index contributed by atoms with van der Waals surface area (Å²) >= 11 is 0. The zero-order chi connectivity index (χ0) is 26.9. The number of carbonyl (C=O) groups is 3. The predicted molar refractivity (Wildman–Crippen MR) is 141 cm³/mol. The van der Waals surface area contributed by atoms with E-state index in [1.54, 1.807) is 0 Å². The zero-order valence-electron chi connectivity index (χ0n) is 22.1. The normalized spacial score (nSPS) is 30.2. The molecule has 5 rings (SSSR count). The molecule has 3 aliphatic rings. The number of carbonyl (C=O) groups excluding carboxylic acids is 3. The summed E-state index contributed by atoms with van der Waals surface area (Å²) < 4.78 is 6.77. The summed E-state index contributed by atoms with van der Waals surface area (Å²) in [7, 11) is 0. The first kappa shape index (κ1) is 26.4. The average Bonchev–Trinajstić information content (AvgIpc) is 3.56. The molecule has 6 atom stereocenters. The number of benzene rings is 2. The second kappa shape index (κ2) is 10.5. The Hall–Kier alpha value is -3.23. The van der Waals surface area contributed by atoms with Crippen molar-refractivity contribution in [3.8, 4) is 0 Å². The van der Waals surface area contributed by atoms with Crippen LogP contribution in [-0.4, -0.2) is 57.6 Å². The van der Waals surface area contributed by atoms with Crippen LogP contribution >= 0.6 is 0 Å². The molecule has 202 valence electrons. The number of hydrogen-bond acceptors (Lipinski definition) is 5. The Morgan fingerprint density at radius 1 is 0.974 bits per heavy atom. The molecule has 2 aromatic rings. The molecule has 0 aliphatic carbocycles. The van der Waals surface area contributed by atoms with Crippen molar-refractivity contribution < 1.29 is 24.2 Å². The van der Waals surface area contributed by atoms with Gasteiger partial charge in [0.25, 0.3) is 0 Å². The maximum atomic E-state index is 14.1. The summed E-state index contributed by atoms with van der Waals surface area (Å²) in [4.78, 5) is 43.3. The zero-order valence-corrected chi connectivity index (χ0v) is 22.1. The molecule has 2 aromatic carbocycles. The molecule has 3 N–H and O–H groups in total. The van der Waals surface area contributed by atoms with Gasteiger partial charge in [-0.15, -0.1) is 0 Å². The molecule has 2 unspecified atom stereocenters. The van der Waals surface area contributed by atoms with E-state index in [4.69, 9.17) is 4.74 Å². The first-order valence-electron chi connectivity index (χ1n) is 13.7. The number of aliphatic hydroxyl groups is 1. The smallest absolute Gasteiger partial charge is 0.246 e. The van der Waals surface area contributed by atoms with Gasteiger partial charge in [0.1, 0.15) is 11.6 Å². The van der Waals surface area contributed by atoms with Crippen LogP contribution in [0.25, 0.3) is 0 Å². The van der Waals surface area contributed by atoms with Crippen molar-refractivity contribution in [1.82, 2.24) is 15.5 Å². The predicted octanol–water partition coefficient (Wildman–Crippen LogP) is 2.54. The molecule has 0 radical (unpaired) electrons. The van der Waals surface area contributed by atoms with Crippen LogP contribution in [0.3, 0.4) is 0 Å². The van der Waals surface area contributed by atoms with Gasteiger partial charge in [0.15, 0.2) is 0 Å². The van der Waals surface area contributed by atoms with E-state index in [9.17, 15) is 19.5 Å². The third kappa shape index (κ3) is 4.20. The molecule has 1 spiro atoms. The molecule has 38 heavy (non-hydrogen) atoms. The van der Waals surface area contributed by atoms with Gasteiger partial charge in [0.05, 0.1) is 30.1 Å². The van der Waals surface area contributed by atoms with E-state index in [-0.39, 0.29) is 24.3 Å². The highest BCUT2D eigenvalue weighted by Gasteiger charge is 2.79. The number of rotatable bonds is 10. The number of nitrogens with zero attached hydrogens (tertiary/aromatic N) is 1. The Morgan fingerprint density at radius 2 is 1.55 bits per heavy atom. The largest absolute Gasteiger partial charge is 0.394 e. The SMILES string of the molecule is CC[C@@H](CO)N1C(=O)[C@@H]2[C@@H](C(=O)NCc3ccccc3)[C@@]3(CC)CCC2(O3)C1C(=O)NCc1ccccc1. The first-order valence-corrected chi connectivity index (χ1v) is 13.7. The van der Waals surface area contributed by atoms with Crippen LogP contribution in [0.4, 0.5) is 0 Å². The van der Waals surface area contributed by atoms with Gasteiger partial charge in [-0.25, -0.2) is 0 Å². The minimum absolute atomic E-state index is 0.224. The third-order valence-electron chi connectivity index (χ3n) is 8.84. The fourth-order valence-electron chi connectivity index (χ4n) is 6.94. The lowest BCUT2D eigenvalue weighted by Gasteiger charge is -2.37. The van der Waals surface area contributed by atoms with Crippen LogP contribution in [0.2, 0.25) is 0 Å². The summed E-state index contributed by atoms with van der Waals surface area (Å²) in [5.41, 5.74) is 0.00551. The molecule has 0 aromatic heterocycles. The molecule has 3 fully saturated rings. The number of likely N-dealkylation sites (tertiary alicyclic amines) is 1. The van der Waals surface area contributed by atoms with Gasteiger partial charge in [0.2, 0.25) is 17.7 Å². The van der Waals surface area contributed by atoms with E-state index in [0.717, 1.165) is 11.1 Å². The van der Waals surface area contributed by atoms with Gasteiger partial charge in [0, 0.05) is 13.1 Å². The molecular weight excluding hydrogens is 482 g/mol. The minimum atomic E-state index is -1.11. The third-order valence-corrected chi connectivity index (χ3v) is 8.84. The highest BCUT2D eigenvalue weighted by molar-refractivity contribution is 5.99. The average molecular weight is 520 g/mol. The molecule has 3 heterocycles. The van der Waals surface area contributed by atoms with Gasteiger partial charge >= 0.3 is 0 Å². The van der Waals surface area contributed by atoms with Crippen molar-refractivity contribution in [3.05, 3.63) is 71.8 Å². The summed E-state index contributed by atoms with van der Waals surface area (Å²) in [6.07, 6.45) is 2.17. The minimum Gasteiger partial charge on any atom is -0.394 e. The number of ether oxygens (including phenoxy) is 1. The lowest BCUT2D eigenvalue weighted by Crippen LogP contribution is -2.57. The molecule has 2 bridgehead atoms. The molecular formula is C30H37N3O5. The van der Waals surface area contributed by atoms with Gasteiger partial charge in [-0.1, -0.05) is 74.5 Å². The number of amides is 3. The Kier molecular flexibility index (Phi) is 7.29. The van der Waals surface area contributed by atoms with E-state index in [2.05, 4.69) is 10.6 Å². The van der Waals surface area contributed by atoms with Crippen molar-refractivity contribution in [2.24, 2.45) is 11.8 Å². The molecule has 8 heteroatoms. The van der Waals surface area contributed by atoms with Gasteiger partial charge in [-0.05, 0) is 36.8 Å². The van der Waals surface area contributed by atoms with Crippen LogP contribution in [0.1, 0.15) is 50.7 Å². The quantitative estimate of drug-likeness (QED) is 0.447. The number of hydrogen-bond donors (Lipinski definition) is 3. The highest BCUT2D eigenvalue weighted by atomic mass is 16.5. The van der Waals surface area contributed by atoms with E-state index >= 15 is 0 Å². The standard InChI is InChI=1S/C30H37N3O5/c1-3-22(19-34)33-25(27(36)32-18-21-13-9-6-10-14-21)30-16-15-29(4-2,38-30)23(24(30)28(33)37)26(35)31-17-20-11-7-5-8-12-20/h5-14,22-25,34H,3-4,15-19H2,1-2H3,(H,31,35)(H,32,36)/t22-,23-,24-,25?,29+,30?/m0/s1. The Morgan fingerprint density at radius 3 is 2.08 bits per heavy atom. The van der Waals surface area contributed by atoms with Crippen molar-refractivity contribution >= 4 is 17.7 Å². The maximum Gasteiger partial charge on any atom is 0.246 e. The molecule has 0 saturated carbocycles. The van der Waals surface area contributed by atoms with Crippen molar-refractivity contribution in [3.63, 3.8) is 0 Å². The van der Waals surface area contributed by atoms with Gasteiger partial charge in [-0.3, -0.25) is 14.4 Å². The van der Waals surface area contributed by atoms with E-state index < -0.39 is 35.1 Å². The molecule has 8 nitrogen and oxygen atoms in total.